The molecule has 0 amide bonds. The van der Waals surface area contributed by atoms with Gasteiger partial charge in [0.1, 0.15) is 5.75 Å². The lowest BCUT2D eigenvalue weighted by Gasteiger charge is -2.08. The fourth-order valence-corrected chi connectivity index (χ4v) is 1.36. The van der Waals surface area contributed by atoms with Crippen molar-refractivity contribution in [3.8, 4) is 5.75 Å². The van der Waals surface area contributed by atoms with Crippen molar-refractivity contribution in [2.24, 2.45) is 0 Å². The molecule has 0 radical (unpaired) electrons. The first kappa shape index (κ1) is 12.7. The van der Waals surface area contributed by atoms with Crippen molar-refractivity contribution < 1.29 is 19.7 Å². The van der Waals surface area contributed by atoms with Gasteiger partial charge in [0.05, 0.1) is 13.2 Å². The number of aliphatic hydroxyl groups is 2. The predicted octanol–water partition coefficient (Wildman–Crippen LogP) is 1.01. The number of ketones is 1. The standard InChI is InChI=1S/C12H16O4/c1-16-11-4-2-9(3-5-11)12(15)8-10(14)6-7-13/h2-5,10,13-14H,6-8H2,1H3. The molecule has 0 saturated heterocycles. The van der Waals surface area contributed by atoms with Crippen molar-refractivity contribution >= 4 is 5.78 Å². The van der Waals surface area contributed by atoms with E-state index < -0.39 is 6.10 Å². The molecule has 0 aromatic heterocycles. The Morgan fingerprint density at radius 1 is 1.38 bits per heavy atom. The van der Waals surface area contributed by atoms with Gasteiger partial charge in [0.25, 0.3) is 0 Å². The lowest BCUT2D eigenvalue weighted by molar-refractivity contribution is 0.0830. The first-order valence-electron chi connectivity index (χ1n) is 5.13. The number of aliphatic hydroxyl groups excluding tert-OH is 2. The summed E-state index contributed by atoms with van der Waals surface area (Å²) in [5, 5.41) is 18.0. The molecule has 4 heteroatoms. The molecule has 1 atom stereocenters. The quantitative estimate of drug-likeness (QED) is 0.708. The zero-order valence-corrected chi connectivity index (χ0v) is 9.22. The van der Waals surface area contributed by atoms with E-state index in [0.717, 1.165) is 0 Å². The van der Waals surface area contributed by atoms with Gasteiger partial charge < -0.3 is 14.9 Å². The Bertz CT molecular complexity index is 331. The summed E-state index contributed by atoms with van der Waals surface area (Å²) in [6.07, 6.45) is -0.519. The van der Waals surface area contributed by atoms with Crippen molar-refractivity contribution in [3.63, 3.8) is 0 Å². The minimum Gasteiger partial charge on any atom is -0.497 e. The average molecular weight is 224 g/mol. The molecule has 0 spiro atoms. The molecule has 0 saturated carbocycles. The molecule has 1 aromatic carbocycles. The third-order valence-corrected chi connectivity index (χ3v) is 2.30. The highest BCUT2D eigenvalue weighted by Gasteiger charge is 2.12. The van der Waals surface area contributed by atoms with Crippen LogP contribution >= 0.6 is 0 Å². The molecule has 0 aliphatic rings. The number of benzene rings is 1. The smallest absolute Gasteiger partial charge is 0.165 e. The van der Waals surface area contributed by atoms with E-state index in [9.17, 15) is 9.90 Å². The van der Waals surface area contributed by atoms with Gasteiger partial charge in [-0.15, -0.1) is 0 Å². The van der Waals surface area contributed by atoms with Gasteiger partial charge >= 0.3 is 0 Å². The van der Waals surface area contributed by atoms with Gasteiger partial charge in [-0.05, 0) is 30.7 Å². The highest BCUT2D eigenvalue weighted by molar-refractivity contribution is 5.96. The highest BCUT2D eigenvalue weighted by Crippen LogP contribution is 2.13. The molecule has 4 nitrogen and oxygen atoms in total. The zero-order chi connectivity index (χ0) is 12.0. The van der Waals surface area contributed by atoms with Crippen LogP contribution in [0.3, 0.4) is 0 Å². The summed E-state index contributed by atoms with van der Waals surface area (Å²) in [5.74, 6) is 0.552. The van der Waals surface area contributed by atoms with Crippen molar-refractivity contribution in [2.45, 2.75) is 18.9 Å². The molecule has 0 fully saturated rings. The summed E-state index contributed by atoms with van der Waals surface area (Å²) in [6.45, 7) is -0.114. The minimum absolute atomic E-state index is 0.0346. The number of carbonyl (C=O) groups is 1. The van der Waals surface area contributed by atoms with E-state index in [-0.39, 0.29) is 25.2 Å². The largest absolute Gasteiger partial charge is 0.497 e. The maximum absolute atomic E-state index is 11.6. The van der Waals surface area contributed by atoms with Crippen LogP contribution in [-0.4, -0.2) is 35.8 Å². The van der Waals surface area contributed by atoms with Crippen molar-refractivity contribution in [1.82, 2.24) is 0 Å². The lowest BCUT2D eigenvalue weighted by atomic mass is 10.0. The van der Waals surface area contributed by atoms with Crippen LogP contribution in [0, 0.1) is 0 Å². The Morgan fingerprint density at radius 3 is 2.50 bits per heavy atom. The average Bonchev–Trinajstić information content (AvgIpc) is 2.29. The van der Waals surface area contributed by atoms with Crippen LogP contribution in [0.4, 0.5) is 0 Å². The van der Waals surface area contributed by atoms with E-state index in [2.05, 4.69) is 0 Å². The summed E-state index contributed by atoms with van der Waals surface area (Å²) in [5.41, 5.74) is 0.540. The van der Waals surface area contributed by atoms with Crippen molar-refractivity contribution in [3.05, 3.63) is 29.8 Å². The van der Waals surface area contributed by atoms with Crippen molar-refractivity contribution in [1.29, 1.82) is 0 Å². The molecule has 88 valence electrons. The summed E-state index contributed by atoms with van der Waals surface area (Å²) < 4.78 is 4.97. The molecule has 1 rings (SSSR count). The number of ether oxygens (including phenoxy) is 1. The summed E-state index contributed by atoms with van der Waals surface area (Å²) in [6, 6.07) is 6.72. The monoisotopic (exact) mass is 224 g/mol. The lowest BCUT2D eigenvalue weighted by Crippen LogP contribution is -2.14. The normalized spacial score (nSPS) is 12.2. The third kappa shape index (κ3) is 3.64. The van der Waals surface area contributed by atoms with Gasteiger partial charge in [-0.2, -0.15) is 0 Å². The van der Waals surface area contributed by atoms with Crippen LogP contribution in [0.15, 0.2) is 24.3 Å². The van der Waals surface area contributed by atoms with E-state index in [4.69, 9.17) is 9.84 Å². The summed E-state index contributed by atoms with van der Waals surface area (Å²) >= 11 is 0. The molecular weight excluding hydrogens is 208 g/mol. The van der Waals surface area contributed by atoms with Crippen LogP contribution in [0.5, 0.6) is 5.75 Å². The maximum Gasteiger partial charge on any atom is 0.165 e. The van der Waals surface area contributed by atoms with Gasteiger partial charge in [-0.3, -0.25) is 4.79 Å². The first-order chi connectivity index (χ1) is 7.67. The number of hydrogen-bond donors (Lipinski definition) is 2. The number of methoxy groups -OCH3 is 1. The Balaban J connectivity index is 2.59. The molecular formula is C12H16O4. The van der Waals surface area contributed by atoms with E-state index in [0.29, 0.717) is 11.3 Å². The molecule has 0 aliphatic carbocycles. The molecule has 1 unspecified atom stereocenters. The fourth-order valence-electron chi connectivity index (χ4n) is 1.36. The summed E-state index contributed by atoms with van der Waals surface area (Å²) in [7, 11) is 1.56. The molecule has 0 bridgehead atoms. The number of hydrogen-bond acceptors (Lipinski definition) is 4. The zero-order valence-electron chi connectivity index (χ0n) is 9.22. The Kier molecular flexibility index (Phi) is 4.95. The van der Waals surface area contributed by atoms with Crippen LogP contribution in [0.2, 0.25) is 0 Å². The van der Waals surface area contributed by atoms with Gasteiger partial charge in [0, 0.05) is 18.6 Å². The third-order valence-electron chi connectivity index (χ3n) is 2.30. The Hall–Kier alpha value is -1.39. The fraction of sp³-hybridized carbons (Fsp3) is 0.417. The topological polar surface area (TPSA) is 66.8 Å². The molecule has 2 N–H and O–H groups in total. The number of carbonyl (C=O) groups excluding carboxylic acids is 1. The Morgan fingerprint density at radius 2 is 2.00 bits per heavy atom. The van der Waals surface area contributed by atoms with Crippen LogP contribution in [-0.2, 0) is 0 Å². The second-order valence-corrected chi connectivity index (χ2v) is 3.52. The minimum atomic E-state index is -0.778. The predicted molar refractivity (Wildman–Crippen MR) is 59.7 cm³/mol. The Labute approximate surface area is 94.5 Å². The molecule has 1 aromatic rings. The summed E-state index contributed by atoms with van der Waals surface area (Å²) in [4.78, 5) is 11.6. The van der Waals surface area contributed by atoms with Crippen LogP contribution < -0.4 is 4.74 Å². The maximum atomic E-state index is 11.6. The van der Waals surface area contributed by atoms with Gasteiger partial charge in [-0.25, -0.2) is 0 Å². The van der Waals surface area contributed by atoms with Crippen molar-refractivity contribution in [2.75, 3.05) is 13.7 Å². The van der Waals surface area contributed by atoms with Gasteiger partial charge in [0.15, 0.2) is 5.78 Å². The SMILES string of the molecule is COc1ccc(C(=O)CC(O)CCO)cc1. The van der Waals surface area contributed by atoms with Crippen LogP contribution in [0.1, 0.15) is 23.2 Å². The van der Waals surface area contributed by atoms with E-state index in [1.807, 2.05) is 0 Å². The molecule has 0 aliphatic heterocycles. The van der Waals surface area contributed by atoms with E-state index >= 15 is 0 Å². The van der Waals surface area contributed by atoms with Gasteiger partial charge in [-0.1, -0.05) is 0 Å². The second kappa shape index (κ2) is 6.25. The molecule has 0 heterocycles. The number of rotatable bonds is 6. The van der Waals surface area contributed by atoms with E-state index in [1.165, 1.54) is 0 Å². The van der Waals surface area contributed by atoms with Gasteiger partial charge in [0.2, 0.25) is 0 Å². The second-order valence-electron chi connectivity index (χ2n) is 3.52. The highest BCUT2D eigenvalue weighted by atomic mass is 16.5. The first-order valence-corrected chi connectivity index (χ1v) is 5.13. The molecule has 16 heavy (non-hydrogen) atoms. The van der Waals surface area contributed by atoms with Crippen LogP contribution in [0.25, 0.3) is 0 Å². The van der Waals surface area contributed by atoms with E-state index in [1.54, 1.807) is 31.4 Å². The number of Topliss-reactive ketones (excluding diaryl/α,β-unsaturated/α-hetero) is 1.